The molecule has 8 nitrogen and oxygen atoms in total. The highest BCUT2D eigenvalue weighted by atomic mass is 16.6. The lowest BCUT2D eigenvalue weighted by Crippen LogP contribution is -2.21. The zero-order chi connectivity index (χ0) is 18.0. The number of hydrogen-bond acceptors (Lipinski definition) is 5. The van der Waals surface area contributed by atoms with Gasteiger partial charge in [0.15, 0.2) is 0 Å². The molecule has 128 valence electrons. The predicted molar refractivity (Wildman–Crippen MR) is 92.5 cm³/mol. The zero-order valence-electron chi connectivity index (χ0n) is 14.5. The first kappa shape index (κ1) is 17.5. The van der Waals surface area contributed by atoms with Crippen LogP contribution in [0.1, 0.15) is 17.0 Å². The van der Waals surface area contributed by atoms with Gasteiger partial charge in [-0.2, -0.15) is 5.10 Å². The van der Waals surface area contributed by atoms with Gasteiger partial charge in [-0.3, -0.25) is 19.6 Å². The van der Waals surface area contributed by atoms with Crippen LogP contribution in [0.15, 0.2) is 18.2 Å². The Labute approximate surface area is 140 Å². The van der Waals surface area contributed by atoms with Gasteiger partial charge in [-0.25, -0.2) is 0 Å². The van der Waals surface area contributed by atoms with Gasteiger partial charge in [-0.05, 0) is 44.5 Å². The first-order valence-electron chi connectivity index (χ1n) is 7.47. The lowest BCUT2D eigenvalue weighted by atomic mass is 10.1. The molecule has 1 aromatic carbocycles. The molecular formula is C16H21N5O3. The molecule has 1 heterocycles. The summed E-state index contributed by atoms with van der Waals surface area (Å²) in [5.41, 5.74) is 3.31. The summed E-state index contributed by atoms with van der Waals surface area (Å²) in [6.45, 7) is 4.98. The lowest BCUT2D eigenvalue weighted by molar-refractivity contribution is -0.386. The number of nitrogens with one attached hydrogen (secondary N) is 1. The van der Waals surface area contributed by atoms with Crippen LogP contribution in [0, 0.1) is 30.9 Å². The van der Waals surface area contributed by atoms with Gasteiger partial charge in [-0.15, -0.1) is 0 Å². The maximum absolute atomic E-state index is 12.2. The minimum atomic E-state index is -0.476. The lowest BCUT2D eigenvalue weighted by Gasteiger charge is -2.15. The van der Waals surface area contributed by atoms with Crippen LogP contribution in [0.2, 0.25) is 0 Å². The summed E-state index contributed by atoms with van der Waals surface area (Å²) >= 11 is 0. The second kappa shape index (κ2) is 6.69. The molecule has 0 saturated carbocycles. The Morgan fingerprint density at radius 2 is 2.00 bits per heavy atom. The normalized spacial score (nSPS) is 10.5. The molecule has 2 aromatic rings. The number of amides is 1. The molecule has 0 bridgehead atoms. The summed E-state index contributed by atoms with van der Waals surface area (Å²) in [4.78, 5) is 24.8. The minimum absolute atomic E-state index is 0.0469. The van der Waals surface area contributed by atoms with Gasteiger partial charge in [-0.1, -0.05) is 0 Å². The number of hydrogen-bond donors (Lipinski definition) is 1. The van der Waals surface area contributed by atoms with Gasteiger partial charge >= 0.3 is 5.69 Å². The fraction of sp³-hybridized carbons (Fsp3) is 0.375. The SMILES string of the molecule is Cc1cc(N(C)C)ccc1NC(=O)Cn1nc(C)c([N+](=O)[O-])c1C. The second-order valence-corrected chi connectivity index (χ2v) is 5.88. The van der Waals surface area contributed by atoms with Crippen LogP contribution in [0.3, 0.4) is 0 Å². The number of carbonyl (C=O) groups is 1. The van der Waals surface area contributed by atoms with Crippen molar-refractivity contribution in [2.75, 3.05) is 24.3 Å². The van der Waals surface area contributed by atoms with E-state index in [0.717, 1.165) is 11.3 Å². The van der Waals surface area contributed by atoms with Crippen molar-refractivity contribution in [3.8, 4) is 0 Å². The fourth-order valence-electron chi connectivity index (χ4n) is 2.50. The number of benzene rings is 1. The smallest absolute Gasteiger partial charge is 0.312 e. The van der Waals surface area contributed by atoms with Gasteiger partial charge in [0.1, 0.15) is 17.9 Å². The number of nitrogens with zero attached hydrogens (tertiary/aromatic N) is 4. The quantitative estimate of drug-likeness (QED) is 0.671. The Kier molecular flexibility index (Phi) is 4.87. The fourth-order valence-corrected chi connectivity index (χ4v) is 2.50. The largest absolute Gasteiger partial charge is 0.378 e. The van der Waals surface area contributed by atoms with E-state index in [4.69, 9.17) is 0 Å². The Balaban J connectivity index is 2.15. The average molecular weight is 331 g/mol. The highest BCUT2D eigenvalue weighted by Crippen LogP contribution is 2.23. The topological polar surface area (TPSA) is 93.3 Å². The molecule has 0 saturated heterocycles. The van der Waals surface area contributed by atoms with E-state index in [1.165, 1.54) is 4.68 Å². The van der Waals surface area contributed by atoms with Crippen LogP contribution >= 0.6 is 0 Å². The van der Waals surface area contributed by atoms with E-state index in [2.05, 4.69) is 10.4 Å². The van der Waals surface area contributed by atoms with Crippen molar-refractivity contribution >= 4 is 23.0 Å². The summed E-state index contributed by atoms with van der Waals surface area (Å²) in [6.07, 6.45) is 0. The highest BCUT2D eigenvalue weighted by molar-refractivity contribution is 5.91. The standard InChI is InChI=1S/C16H21N5O3/c1-10-8-13(19(4)5)6-7-14(10)17-15(22)9-20-12(3)16(21(23)24)11(2)18-20/h6-8H,9H2,1-5H3,(H,17,22). The van der Waals surface area contributed by atoms with Crippen LogP contribution < -0.4 is 10.2 Å². The van der Waals surface area contributed by atoms with E-state index in [9.17, 15) is 14.9 Å². The van der Waals surface area contributed by atoms with Gasteiger partial charge in [0, 0.05) is 25.5 Å². The maximum Gasteiger partial charge on any atom is 0.312 e. The van der Waals surface area contributed by atoms with Crippen LogP contribution in [0.25, 0.3) is 0 Å². The van der Waals surface area contributed by atoms with Gasteiger partial charge < -0.3 is 10.2 Å². The summed E-state index contributed by atoms with van der Waals surface area (Å²) in [5.74, 6) is -0.281. The molecule has 0 aliphatic rings. The van der Waals surface area contributed by atoms with E-state index < -0.39 is 4.92 Å². The van der Waals surface area contributed by atoms with Crippen LogP contribution in [0.4, 0.5) is 17.1 Å². The van der Waals surface area contributed by atoms with Crippen molar-refractivity contribution in [3.05, 3.63) is 45.3 Å². The zero-order valence-corrected chi connectivity index (χ0v) is 14.5. The van der Waals surface area contributed by atoms with Crippen molar-refractivity contribution in [2.45, 2.75) is 27.3 Å². The van der Waals surface area contributed by atoms with Crippen LogP contribution in [-0.2, 0) is 11.3 Å². The summed E-state index contributed by atoms with van der Waals surface area (Å²) in [5, 5.41) is 17.9. The molecule has 1 N–H and O–H groups in total. The van der Waals surface area contributed by atoms with E-state index in [1.807, 2.05) is 44.1 Å². The molecule has 0 atom stereocenters. The van der Waals surface area contributed by atoms with Crippen molar-refractivity contribution < 1.29 is 9.72 Å². The van der Waals surface area contributed by atoms with Crippen molar-refractivity contribution in [3.63, 3.8) is 0 Å². The number of carbonyl (C=O) groups excluding carboxylic acids is 1. The van der Waals surface area contributed by atoms with Crippen molar-refractivity contribution in [2.24, 2.45) is 0 Å². The van der Waals surface area contributed by atoms with Crippen molar-refractivity contribution in [1.82, 2.24) is 9.78 Å². The maximum atomic E-state index is 12.2. The third-order valence-corrected chi connectivity index (χ3v) is 3.82. The molecule has 8 heteroatoms. The summed E-state index contributed by atoms with van der Waals surface area (Å²) < 4.78 is 1.35. The second-order valence-electron chi connectivity index (χ2n) is 5.88. The molecule has 1 amide bonds. The molecule has 0 radical (unpaired) electrons. The van der Waals surface area contributed by atoms with Crippen LogP contribution in [0.5, 0.6) is 0 Å². The molecule has 0 aliphatic heterocycles. The molecule has 0 unspecified atom stereocenters. The Bertz CT molecular complexity index is 795. The number of aryl methyl sites for hydroxylation is 2. The summed E-state index contributed by atoms with van der Waals surface area (Å²) in [6, 6.07) is 5.73. The van der Waals surface area contributed by atoms with E-state index >= 15 is 0 Å². The van der Waals surface area contributed by atoms with Crippen LogP contribution in [-0.4, -0.2) is 34.7 Å². The molecule has 0 spiro atoms. The van der Waals surface area contributed by atoms with Gasteiger partial charge in [0.05, 0.1) is 4.92 Å². The molecule has 1 aromatic heterocycles. The third-order valence-electron chi connectivity index (χ3n) is 3.82. The number of aromatic nitrogens is 2. The van der Waals surface area contributed by atoms with E-state index in [1.54, 1.807) is 13.8 Å². The Morgan fingerprint density at radius 1 is 1.33 bits per heavy atom. The molecule has 24 heavy (non-hydrogen) atoms. The molecule has 2 rings (SSSR count). The Morgan fingerprint density at radius 3 is 2.50 bits per heavy atom. The first-order chi connectivity index (χ1) is 11.2. The van der Waals surface area contributed by atoms with E-state index in [0.29, 0.717) is 17.1 Å². The third kappa shape index (κ3) is 3.53. The average Bonchev–Trinajstić information content (AvgIpc) is 2.75. The molecular weight excluding hydrogens is 310 g/mol. The minimum Gasteiger partial charge on any atom is -0.378 e. The monoisotopic (exact) mass is 331 g/mol. The number of rotatable bonds is 5. The first-order valence-corrected chi connectivity index (χ1v) is 7.47. The number of nitro groups is 1. The Hall–Kier alpha value is -2.90. The molecule has 0 fully saturated rings. The summed E-state index contributed by atoms with van der Waals surface area (Å²) in [7, 11) is 3.89. The van der Waals surface area contributed by atoms with E-state index in [-0.39, 0.29) is 18.1 Å². The predicted octanol–water partition coefficient (Wildman–Crippen LogP) is 2.42. The van der Waals surface area contributed by atoms with Crippen molar-refractivity contribution in [1.29, 1.82) is 0 Å². The highest BCUT2D eigenvalue weighted by Gasteiger charge is 2.22. The van der Waals surface area contributed by atoms with Gasteiger partial charge in [0.25, 0.3) is 0 Å². The number of anilines is 2. The molecule has 0 aliphatic carbocycles. The van der Waals surface area contributed by atoms with Gasteiger partial charge in [0.2, 0.25) is 5.91 Å².